The molecule has 1 fully saturated rings. The molecule has 15 nitrogen and oxygen atoms in total. The summed E-state index contributed by atoms with van der Waals surface area (Å²) in [5, 5.41) is 6.31. The van der Waals surface area contributed by atoms with Gasteiger partial charge in [0.2, 0.25) is 0 Å². The molecular formula is C45H52N5O10PS. The first kappa shape index (κ1) is 46.2. The minimum Gasteiger partial charge on any atom is -0.496 e. The highest BCUT2D eigenvalue weighted by atomic mass is 32.2. The zero-order valence-corrected chi connectivity index (χ0v) is 37.4. The van der Waals surface area contributed by atoms with Gasteiger partial charge in [-0.2, -0.15) is 0 Å². The molecule has 6 rings (SSSR count). The molecule has 0 bridgehead atoms. The lowest BCUT2D eigenvalue weighted by Crippen LogP contribution is -2.38. The summed E-state index contributed by atoms with van der Waals surface area (Å²) in [5.41, 5.74) is 5.94. The van der Waals surface area contributed by atoms with Crippen molar-refractivity contribution in [2.24, 2.45) is 0 Å². The number of aryl methyl sites for hydroxylation is 1. The van der Waals surface area contributed by atoms with Crippen LogP contribution in [0, 0.1) is 6.92 Å². The highest BCUT2D eigenvalue weighted by molar-refractivity contribution is 7.85. The van der Waals surface area contributed by atoms with E-state index >= 15 is 0 Å². The van der Waals surface area contributed by atoms with Gasteiger partial charge < -0.3 is 34.8 Å². The molecule has 0 saturated carbocycles. The minimum absolute atomic E-state index is 0.0215. The summed E-state index contributed by atoms with van der Waals surface area (Å²) < 4.78 is 38.4. The summed E-state index contributed by atoms with van der Waals surface area (Å²) in [6.45, 7) is 9.33. The predicted octanol–water partition coefficient (Wildman–Crippen LogP) is 6.84. The molecule has 0 radical (unpaired) electrons. The maximum Gasteiger partial charge on any atom is 0.470 e. The van der Waals surface area contributed by atoms with Crippen molar-refractivity contribution in [3.8, 4) is 22.6 Å². The fraction of sp³-hybridized carbons (Fsp3) is 0.356. The zero-order valence-electron chi connectivity index (χ0n) is 35.6. The molecule has 1 aliphatic heterocycles. The van der Waals surface area contributed by atoms with Crippen LogP contribution in [0.1, 0.15) is 76.8 Å². The van der Waals surface area contributed by atoms with Crippen LogP contribution >= 0.6 is 7.82 Å². The quantitative estimate of drug-likeness (QED) is 0.0593. The van der Waals surface area contributed by atoms with Crippen LogP contribution in [0.5, 0.6) is 11.5 Å². The first-order chi connectivity index (χ1) is 29.4. The van der Waals surface area contributed by atoms with E-state index in [0.717, 1.165) is 64.8 Å². The Morgan fingerprint density at radius 1 is 0.919 bits per heavy atom. The molecule has 328 valence electrons. The van der Waals surface area contributed by atoms with Gasteiger partial charge in [-0.1, -0.05) is 39.0 Å². The summed E-state index contributed by atoms with van der Waals surface area (Å²) in [4.78, 5) is 69.4. The smallest absolute Gasteiger partial charge is 0.470 e. The number of carbonyl (C=O) groups excluding carboxylic acids is 3. The van der Waals surface area contributed by atoms with Gasteiger partial charge in [0.05, 0.1) is 36.7 Å². The monoisotopic (exact) mass is 885 g/mol. The predicted molar refractivity (Wildman–Crippen MR) is 240 cm³/mol. The summed E-state index contributed by atoms with van der Waals surface area (Å²) in [6, 6.07) is 20.2. The van der Waals surface area contributed by atoms with E-state index in [-0.39, 0.29) is 22.9 Å². The van der Waals surface area contributed by atoms with Crippen LogP contribution in [0.15, 0.2) is 72.9 Å². The number of phosphoric ester groups is 1. The van der Waals surface area contributed by atoms with Crippen molar-refractivity contribution in [2.75, 3.05) is 62.6 Å². The highest BCUT2D eigenvalue weighted by Gasteiger charge is 2.24. The van der Waals surface area contributed by atoms with E-state index in [4.69, 9.17) is 24.2 Å². The van der Waals surface area contributed by atoms with Crippen LogP contribution in [0.3, 0.4) is 0 Å². The fourth-order valence-corrected chi connectivity index (χ4v) is 8.56. The standard InChI is InChI=1S/C45H52N5O10PS/c1-28-9-11-31(44(53)49-38-25-33(45(2,3)4)24-37(43(38)59-6)48-42(52)27-60-61(54,55)56)23-35(28)30-12-14-36-32(22-30)26-46-41(47-36)21-29-10-13-34(40(20-29)58-5)39(51)8-7-15-50-16-18-62(57)19-17-50/h9-14,20,22-26H,7-8,15-19,21,27H2,1-6H3,(H,48,52)(H,49,53)(H2,54,55,56). The van der Waals surface area contributed by atoms with Crippen LogP contribution in [0.2, 0.25) is 0 Å². The molecule has 4 N–H and O–H groups in total. The second-order valence-corrected chi connectivity index (χ2v) is 19.1. The number of rotatable bonds is 16. The number of hydrogen-bond donors (Lipinski definition) is 4. The lowest BCUT2D eigenvalue weighted by molar-refractivity contribution is -0.118. The molecule has 0 aliphatic carbocycles. The largest absolute Gasteiger partial charge is 0.496 e. The van der Waals surface area contributed by atoms with Gasteiger partial charge in [0.1, 0.15) is 18.2 Å². The molecule has 0 unspecified atom stereocenters. The number of Topliss-reactive ketones (excluding diaryl/α,β-unsaturated/α-hetero) is 1. The average molecular weight is 886 g/mol. The SMILES string of the molecule is COc1cc(Cc2ncc3cc(-c4cc(C(=O)Nc5cc(C(C)(C)C)cc(NC(=O)COP(=O)(O)O)c5OC)ccc4C)ccc3n2)ccc1C(=O)CCCN1CCS(=O)CC1. The Bertz CT molecular complexity index is 2560. The Morgan fingerprint density at radius 2 is 1.65 bits per heavy atom. The van der Waals surface area contributed by atoms with Crippen molar-refractivity contribution >= 4 is 58.5 Å². The number of ketones is 1. The van der Waals surface area contributed by atoms with E-state index in [2.05, 4.69) is 25.0 Å². The van der Waals surface area contributed by atoms with Crippen molar-refractivity contribution in [1.29, 1.82) is 0 Å². The van der Waals surface area contributed by atoms with E-state index in [0.29, 0.717) is 47.0 Å². The molecule has 1 saturated heterocycles. The van der Waals surface area contributed by atoms with Crippen LogP contribution < -0.4 is 20.1 Å². The van der Waals surface area contributed by atoms with E-state index in [9.17, 15) is 23.2 Å². The van der Waals surface area contributed by atoms with Crippen molar-refractivity contribution in [1.82, 2.24) is 14.9 Å². The third-order valence-corrected chi connectivity index (χ3v) is 12.3. The number of amides is 2. The number of fused-ring (bicyclic) bond motifs is 1. The van der Waals surface area contributed by atoms with E-state index in [1.54, 1.807) is 43.6 Å². The topological polar surface area (TPSA) is 207 Å². The average Bonchev–Trinajstić information content (AvgIpc) is 3.22. The van der Waals surface area contributed by atoms with Crippen LogP contribution in [0.25, 0.3) is 22.0 Å². The second kappa shape index (κ2) is 19.8. The van der Waals surface area contributed by atoms with Crippen molar-refractivity contribution in [2.45, 2.75) is 52.4 Å². The lowest BCUT2D eigenvalue weighted by Gasteiger charge is -2.25. The Kier molecular flexibility index (Phi) is 14.7. The molecule has 5 aromatic rings. The third kappa shape index (κ3) is 12.0. The Labute approximate surface area is 363 Å². The normalized spacial score (nSPS) is 13.8. The van der Waals surface area contributed by atoms with Gasteiger partial charge in [-0.05, 0) is 102 Å². The van der Waals surface area contributed by atoms with Crippen molar-refractivity contribution < 1.29 is 46.9 Å². The van der Waals surface area contributed by atoms with Crippen LogP contribution in [0.4, 0.5) is 11.4 Å². The summed E-state index contributed by atoms with van der Waals surface area (Å²) >= 11 is 0. The van der Waals surface area contributed by atoms with Crippen LogP contribution in [-0.4, -0.2) is 98.4 Å². The zero-order chi connectivity index (χ0) is 44.8. The Morgan fingerprint density at radius 3 is 2.32 bits per heavy atom. The Hall–Kier alpha value is -5.35. The summed E-state index contributed by atoms with van der Waals surface area (Å²) in [5.74, 6) is 1.40. The number of nitrogens with zero attached hydrogens (tertiary/aromatic N) is 3. The molecule has 0 atom stereocenters. The van der Waals surface area contributed by atoms with Gasteiger partial charge in [-0.15, -0.1) is 0 Å². The molecule has 1 aliphatic rings. The van der Waals surface area contributed by atoms with E-state index < -0.39 is 42.5 Å². The van der Waals surface area contributed by atoms with E-state index in [1.807, 2.05) is 64.1 Å². The highest BCUT2D eigenvalue weighted by Crippen LogP contribution is 2.40. The first-order valence-corrected chi connectivity index (χ1v) is 23.1. The number of aromatic nitrogens is 2. The molecular weight excluding hydrogens is 834 g/mol. The number of carbonyl (C=O) groups is 3. The molecule has 4 aromatic carbocycles. The maximum absolute atomic E-state index is 13.9. The minimum atomic E-state index is -4.88. The number of ether oxygens (including phenoxy) is 2. The number of nitrogens with one attached hydrogen (secondary N) is 2. The summed E-state index contributed by atoms with van der Waals surface area (Å²) in [7, 11) is -2.67. The Balaban J connectivity index is 1.16. The molecule has 2 amide bonds. The number of phosphoric acid groups is 1. The molecule has 17 heteroatoms. The molecule has 2 heterocycles. The van der Waals surface area contributed by atoms with Gasteiger partial charge in [-0.3, -0.25) is 23.1 Å². The first-order valence-electron chi connectivity index (χ1n) is 20.1. The van der Waals surface area contributed by atoms with Crippen molar-refractivity contribution in [3.05, 3.63) is 107 Å². The van der Waals surface area contributed by atoms with E-state index in [1.165, 1.54) is 7.11 Å². The van der Waals surface area contributed by atoms with Gasteiger partial charge in [-0.25, -0.2) is 14.5 Å². The fourth-order valence-electron chi connectivity index (χ4n) is 7.15. The third-order valence-electron chi connectivity index (χ3n) is 10.6. The van der Waals surface area contributed by atoms with Gasteiger partial charge >= 0.3 is 7.82 Å². The van der Waals surface area contributed by atoms with Gasteiger partial charge in [0, 0.05) is 65.4 Å². The molecule has 62 heavy (non-hydrogen) atoms. The number of benzene rings is 4. The summed E-state index contributed by atoms with van der Waals surface area (Å²) in [6.07, 6.45) is 3.32. The maximum atomic E-state index is 13.9. The van der Waals surface area contributed by atoms with Gasteiger partial charge in [0.25, 0.3) is 11.8 Å². The molecule has 1 aromatic heterocycles. The number of methoxy groups -OCH3 is 2. The van der Waals surface area contributed by atoms with Crippen molar-refractivity contribution in [3.63, 3.8) is 0 Å². The second-order valence-electron chi connectivity index (χ2n) is 16.1. The lowest BCUT2D eigenvalue weighted by atomic mass is 9.86. The number of anilines is 2. The van der Waals surface area contributed by atoms with Crippen LogP contribution in [-0.2, 0) is 36.5 Å². The number of hydrogen-bond acceptors (Lipinski definition) is 11. The molecule has 0 spiro atoms. The van der Waals surface area contributed by atoms with Gasteiger partial charge in [0.15, 0.2) is 11.5 Å².